The van der Waals surface area contributed by atoms with E-state index in [-0.39, 0.29) is 29.9 Å². The number of hydrogen-bond donors (Lipinski definition) is 0. The lowest BCUT2D eigenvalue weighted by Gasteiger charge is -2.22. The fourth-order valence-electron chi connectivity index (χ4n) is 3.88. The molecule has 1 fully saturated rings. The molecule has 1 aliphatic rings. The highest BCUT2D eigenvalue weighted by atomic mass is 35.5. The Morgan fingerprint density at radius 2 is 1.93 bits per heavy atom. The molecule has 28 heavy (non-hydrogen) atoms. The van der Waals surface area contributed by atoms with Crippen LogP contribution in [0.3, 0.4) is 0 Å². The van der Waals surface area contributed by atoms with Gasteiger partial charge in [-0.15, -0.1) is 0 Å². The molecule has 2 aromatic rings. The van der Waals surface area contributed by atoms with E-state index in [4.69, 9.17) is 11.6 Å². The summed E-state index contributed by atoms with van der Waals surface area (Å²) in [4.78, 5) is 14.7. The first-order valence-corrected chi connectivity index (χ1v) is 11.7. The number of aromatic nitrogens is 1. The summed E-state index contributed by atoms with van der Waals surface area (Å²) in [5.41, 5.74) is 3.94. The number of nitrogens with zero attached hydrogens (tertiary/aromatic N) is 2. The summed E-state index contributed by atoms with van der Waals surface area (Å²) < 4.78 is 25.5. The van der Waals surface area contributed by atoms with E-state index in [0.717, 1.165) is 34.9 Å². The number of halogens is 1. The summed E-state index contributed by atoms with van der Waals surface area (Å²) in [6, 6.07) is 9.70. The van der Waals surface area contributed by atoms with Gasteiger partial charge in [0.2, 0.25) is 0 Å². The quantitative estimate of drug-likeness (QED) is 0.642. The smallest absolute Gasteiger partial charge is 0.178 e. The van der Waals surface area contributed by atoms with Crippen molar-refractivity contribution in [2.24, 2.45) is 0 Å². The molecule has 0 radical (unpaired) electrons. The first-order valence-electron chi connectivity index (χ1n) is 9.51. The first kappa shape index (κ1) is 21.1. The number of benzene rings is 1. The minimum absolute atomic E-state index is 0.0395. The molecule has 1 aromatic heterocycles. The number of sulfone groups is 1. The summed E-state index contributed by atoms with van der Waals surface area (Å²) in [6.07, 6.45) is 1.47. The van der Waals surface area contributed by atoms with E-state index >= 15 is 0 Å². The third kappa shape index (κ3) is 4.85. The summed E-state index contributed by atoms with van der Waals surface area (Å²) in [6.45, 7) is 5.02. The average molecular weight is 423 g/mol. The van der Waals surface area contributed by atoms with Gasteiger partial charge in [0.05, 0.1) is 18.1 Å². The number of Topliss-reactive ketones (excluding diaryl/α,β-unsaturated/α-hetero) is 1. The third-order valence-electron chi connectivity index (χ3n) is 5.64. The van der Waals surface area contributed by atoms with Crippen molar-refractivity contribution in [2.45, 2.75) is 39.3 Å². The van der Waals surface area contributed by atoms with Gasteiger partial charge in [-0.2, -0.15) is 0 Å². The van der Waals surface area contributed by atoms with E-state index in [1.54, 1.807) is 0 Å². The third-order valence-corrected chi connectivity index (χ3v) is 7.64. The Labute approximate surface area is 172 Å². The first-order chi connectivity index (χ1) is 13.2. The van der Waals surface area contributed by atoms with Crippen LogP contribution in [0, 0.1) is 13.8 Å². The Hall–Kier alpha value is -1.63. The van der Waals surface area contributed by atoms with E-state index in [2.05, 4.69) is 4.57 Å². The number of aryl methyl sites for hydroxylation is 2. The minimum Gasteiger partial charge on any atom is -0.348 e. The number of carbonyl (C=O) groups is 1. The van der Waals surface area contributed by atoms with Crippen LogP contribution in [0.25, 0.3) is 0 Å². The van der Waals surface area contributed by atoms with Gasteiger partial charge in [0, 0.05) is 34.6 Å². The van der Waals surface area contributed by atoms with Crippen LogP contribution >= 0.6 is 11.6 Å². The van der Waals surface area contributed by atoms with Crippen molar-refractivity contribution in [3.63, 3.8) is 0 Å². The van der Waals surface area contributed by atoms with Crippen molar-refractivity contribution in [3.05, 3.63) is 57.9 Å². The number of carbonyl (C=O) groups excluding carboxylic acids is 1. The van der Waals surface area contributed by atoms with Crippen LogP contribution in [-0.4, -0.2) is 54.8 Å². The molecule has 0 spiro atoms. The lowest BCUT2D eigenvalue weighted by molar-refractivity contribution is 0.0926. The van der Waals surface area contributed by atoms with Gasteiger partial charge >= 0.3 is 0 Å². The van der Waals surface area contributed by atoms with Gasteiger partial charge in [-0.1, -0.05) is 23.7 Å². The number of ketones is 1. The fraction of sp³-hybridized carbons (Fsp3) is 0.476. The maximum absolute atomic E-state index is 12.9. The molecule has 1 aromatic carbocycles. The molecular weight excluding hydrogens is 396 g/mol. The van der Waals surface area contributed by atoms with Crippen LogP contribution in [0.4, 0.5) is 0 Å². The van der Waals surface area contributed by atoms with Crippen molar-refractivity contribution >= 4 is 27.2 Å². The van der Waals surface area contributed by atoms with Crippen molar-refractivity contribution in [3.8, 4) is 0 Å². The molecule has 0 aliphatic carbocycles. The fourth-order valence-corrected chi connectivity index (χ4v) is 5.81. The standard InChI is InChI=1S/C21H27ClN2O3S/c1-15-12-20(21(25)13-23(3)19-9-11-28(26,27)14-19)16(2)24(15)10-8-17-4-6-18(22)7-5-17/h4-7,12,19H,8-11,13-14H2,1-3H3. The highest BCUT2D eigenvalue weighted by Crippen LogP contribution is 2.20. The molecule has 1 unspecified atom stereocenters. The molecule has 1 atom stereocenters. The van der Waals surface area contributed by atoms with Crippen LogP contribution in [0.2, 0.25) is 5.02 Å². The van der Waals surface area contributed by atoms with Gasteiger partial charge in [-0.05, 0) is 57.5 Å². The van der Waals surface area contributed by atoms with Gasteiger partial charge < -0.3 is 4.57 Å². The molecule has 152 valence electrons. The molecule has 0 amide bonds. The molecule has 5 nitrogen and oxygen atoms in total. The second-order valence-corrected chi connectivity index (χ2v) is 10.4. The van der Waals surface area contributed by atoms with Gasteiger partial charge in [0.25, 0.3) is 0 Å². The summed E-state index contributed by atoms with van der Waals surface area (Å²) in [7, 11) is -1.12. The van der Waals surface area contributed by atoms with E-state index in [9.17, 15) is 13.2 Å². The van der Waals surface area contributed by atoms with Crippen LogP contribution in [-0.2, 0) is 22.8 Å². The van der Waals surface area contributed by atoms with E-state index < -0.39 is 9.84 Å². The van der Waals surface area contributed by atoms with Crippen molar-refractivity contribution in [1.82, 2.24) is 9.47 Å². The monoisotopic (exact) mass is 422 g/mol. The zero-order valence-corrected chi connectivity index (χ0v) is 18.2. The Morgan fingerprint density at radius 3 is 2.54 bits per heavy atom. The summed E-state index contributed by atoms with van der Waals surface area (Å²) in [5.74, 6) is 0.407. The second kappa shape index (κ2) is 8.39. The van der Waals surface area contributed by atoms with Gasteiger partial charge in [0.15, 0.2) is 15.6 Å². The van der Waals surface area contributed by atoms with E-state index in [1.165, 1.54) is 5.56 Å². The van der Waals surface area contributed by atoms with Gasteiger partial charge in [-0.25, -0.2) is 8.42 Å². The largest absolute Gasteiger partial charge is 0.348 e. The number of rotatable bonds is 7. The zero-order valence-electron chi connectivity index (χ0n) is 16.6. The molecule has 1 saturated heterocycles. The van der Waals surface area contributed by atoms with Crippen LogP contribution in [0.15, 0.2) is 30.3 Å². The molecule has 1 aliphatic heterocycles. The van der Waals surface area contributed by atoms with Crippen molar-refractivity contribution in [2.75, 3.05) is 25.1 Å². The van der Waals surface area contributed by atoms with Crippen LogP contribution in [0.1, 0.15) is 33.7 Å². The maximum atomic E-state index is 12.9. The SMILES string of the molecule is Cc1cc(C(=O)CN(C)C2CCS(=O)(=O)C2)c(C)n1CCc1ccc(Cl)cc1. The summed E-state index contributed by atoms with van der Waals surface area (Å²) >= 11 is 5.94. The Balaban J connectivity index is 1.66. The van der Waals surface area contributed by atoms with Crippen molar-refractivity contribution < 1.29 is 13.2 Å². The lowest BCUT2D eigenvalue weighted by atomic mass is 10.1. The molecule has 2 heterocycles. The second-order valence-electron chi connectivity index (χ2n) is 7.71. The highest BCUT2D eigenvalue weighted by Gasteiger charge is 2.31. The Kier molecular flexibility index (Phi) is 6.32. The Bertz CT molecular complexity index is 964. The maximum Gasteiger partial charge on any atom is 0.178 e. The molecule has 0 bridgehead atoms. The van der Waals surface area contributed by atoms with Crippen LogP contribution in [0.5, 0.6) is 0 Å². The highest BCUT2D eigenvalue weighted by molar-refractivity contribution is 7.91. The van der Waals surface area contributed by atoms with E-state index in [1.807, 2.05) is 56.1 Å². The van der Waals surface area contributed by atoms with E-state index in [0.29, 0.717) is 6.42 Å². The van der Waals surface area contributed by atoms with Gasteiger partial charge in [-0.3, -0.25) is 9.69 Å². The topological polar surface area (TPSA) is 59.4 Å². The predicted molar refractivity (Wildman–Crippen MR) is 113 cm³/mol. The zero-order chi connectivity index (χ0) is 20.5. The molecule has 0 N–H and O–H groups in total. The predicted octanol–water partition coefficient (Wildman–Crippen LogP) is 3.30. The van der Waals surface area contributed by atoms with Gasteiger partial charge in [0.1, 0.15) is 0 Å². The lowest BCUT2D eigenvalue weighted by Crippen LogP contribution is -2.36. The Morgan fingerprint density at radius 1 is 1.25 bits per heavy atom. The number of hydrogen-bond acceptors (Lipinski definition) is 4. The average Bonchev–Trinajstić information content (AvgIpc) is 3.14. The van der Waals surface area contributed by atoms with Crippen LogP contribution < -0.4 is 0 Å². The normalized spacial score (nSPS) is 18.7. The molecule has 0 saturated carbocycles. The molecule has 3 rings (SSSR count). The minimum atomic E-state index is -2.95. The summed E-state index contributed by atoms with van der Waals surface area (Å²) in [5, 5.41) is 0.726. The molecular formula is C21H27ClN2O3S. The van der Waals surface area contributed by atoms with Crippen molar-refractivity contribution in [1.29, 1.82) is 0 Å². The number of likely N-dealkylation sites (N-methyl/N-ethyl adjacent to an activating group) is 1. The molecule has 7 heteroatoms.